The molecule has 0 aromatic heterocycles. The van der Waals surface area contributed by atoms with Crippen LogP contribution in [0.15, 0.2) is 30.3 Å². The van der Waals surface area contributed by atoms with Gasteiger partial charge in [-0.15, -0.1) is 0 Å². The second kappa shape index (κ2) is 6.20. The van der Waals surface area contributed by atoms with Gasteiger partial charge < -0.3 is 5.73 Å². The van der Waals surface area contributed by atoms with Crippen LogP contribution in [0.5, 0.6) is 0 Å². The number of rotatable bonds is 6. The van der Waals surface area contributed by atoms with Crippen LogP contribution < -0.4 is 5.73 Å². The molecule has 2 N–H and O–H groups in total. The molecule has 96 valence electrons. The Morgan fingerprint density at radius 2 is 1.59 bits per heavy atom. The zero-order valence-corrected chi connectivity index (χ0v) is 11.7. The summed E-state index contributed by atoms with van der Waals surface area (Å²) >= 11 is 0. The van der Waals surface area contributed by atoms with Crippen LogP contribution in [0, 0.1) is 5.92 Å². The Labute approximate surface area is 106 Å². The molecule has 0 heterocycles. The van der Waals surface area contributed by atoms with Crippen molar-refractivity contribution >= 4 is 0 Å². The molecule has 0 aliphatic carbocycles. The molecule has 2 unspecified atom stereocenters. The van der Waals surface area contributed by atoms with Crippen molar-refractivity contribution in [3.63, 3.8) is 0 Å². The van der Waals surface area contributed by atoms with E-state index in [0.29, 0.717) is 5.92 Å². The summed E-state index contributed by atoms with van der Waals surface area (Å²) in [4.78, 5) is 0. The van der Waals surface area contributed by atoms with E-state index >= 15 is 0 Å². The molecule has 0 radical (unpaired) electrons. The van der Waals surface area contributed by atoms with Gasteiger partial charge in [-0.1, -0.05) is 64.4 Å². The van der Waals surface area contributed by atoms with Gasteiger partial charge in [-0.3, -0.25) is 0 Å². The highest BCUT2D eigenvalue weighted by molar-refractivity contribution is 5.27. The smallest absolute Gasteiger partial charge is 0.0162 e. The second-order valence-corrected chi connectivity index (χ2v) is 5.14. The van der Waals surface area contributed by atoms with E-state index in [2.05, 4.69) is 58.0 Å². The van der Waals surface area contributed by atoms with Crippen molar-refractivity contribution in [1.29, 1.82) is 0 Å². The average molecular weight is 233 g/mol. The van der Waals surface area contributed by atoms with Gasteiger partial charge in [0.05, 0.1) is 0 Å². The van der Waals surface area contributed by atoms with Gasteiger partial charge in [-0.25, -0.2) is 0 Å². The highest BCUT2D eigenvalue weighted by Gasteiger charge is 2.37. The first-order valence-corrected chi connectivity index (χ1v) is 6.93. The lowest BCUT2D eigenvalue weighted by atomic mass is 9.66. The van der Waals surface area contributed by atoms with Crippen molar-refractivity contribution in [3.05, 3.63) is 35.9 Å². The van der Waals surface area contributed by atoms with E-state index in [0.717, 1.165) is 19.3 Å². The lowest BCUT2D eigenvalue weighted by molar-refractivity contribution is 0.248. The zero-order chi connectivity index (χ0) is 12.9. The van der Waals surface area contributed by atoms with Crippen molar-refractivity contribution in [3.8, 4) is 0 Å². The molecule has 0 bridgehead atoms. The number of benzene rings is 1. The van der Waals surface area contributed by atoms with Crippen LogP contribution in [0.4, 0.5) is 0 Å². The van der Waals surface area contributed by atoms with Gasteiger partial charge in [0.2, 0.25) is 0 Å². The predicted octanol–water partition coefficient (Wildman–Crippen LogP) is 4.12. The van der Waals surface area contributed by atoms with E-state index in [4.69, 9.17) is 5.73 Å². The monoisotopic (exact) mass is 233 g/mol. The lowest BCUT2D eigenvalue weighted by Gasteiger charge is -2.41. The van der Waals surface area contributed by atoms with Crippen molar-refractivity contribution < 1.29 is 0 Å². The van der Waals surface area contributed by atoms with Crippen LogP contribution in [0.1, 0.15) is 52.5 Å². The highest BCUT2D eigenvalue weighted by Crippen LogP contribution is 2.37. The van der Waals surface area contributed by atoms with E-state index in [1.807, 2.05) is 0 Å². The van der Waals surface area contributed by atoms with E-state index in [9.17, 15) is 0 Å². The molecule has 1 nitrogen and oxygen atoms in total. The fourth-order valence-electron chi connectivity index (χ4n) is 2.89. The Kier molecular flexibility index (Phi) is 5.20. The molecule has 1 heteroatoms. The molecule has 1 rings (SSSR count). The van der Waals surface area contributed by atoms with Crippen LogP contribution >= 0.6 is 0 Å². The Balaban J connectivity index is 3.13. The third-order valence-electron chi connectivity index (χ3n) is 4.51. The van der Waals surface area contributed by atoms with Crippen molar-refractivity contribution in [1.82, 2.24) is 0 Å². The molecule has 0 aliphatic heterocycles. The van der Waals surface area contributed by atoms with Crippen molar-refractivity contribution in [2.75, 3.05) is 0 Å². The maximum Gasteiger partial charge on any atom is 0.0162 e. The second-order valence-electron chi connectivity index (χ2n) is 5.14. The quantitative estimate of drug-likeness (QED) is 0.786. The third kappa shape index (κ3) is 2.71. The Hall–Kier alpha value is -0.820. The fourth-order valence-corrected chi connectivity index (χ4v) is 2.89. The standard InChI is InChI=1S/C16H27N/c1-5-13(4)15(17)16(6-2,7-3)14-11-9-8-10-12-14/h8-13,15H,5-7,17H2,1-4H3. The van der Waals surface area contributed by atoms with Crippen LogP contribution in [-0.4, -0.2) is 6.04 Å². The van der Waals surface area contributed by atoms with Gasteiger partial charge in [0, 0.05) is 11.5 Å². The topological polar surface area (TPSA) is 26.0 Å². The summed E-state index contributed by atoms with van der Waals surface area (Å²) in [6.07, 6.45) is 3.37. The van der Waals surface area contributed by atoms with Gasteiger partial charge in [0.1, 0.15) is 0 Å². The zero-order valence-electron chi connectivity index (χ0n) is 11.7. The summed E-state index contributed by atoms with van der Waals surface area (Å²) < 4.78 is 0. The largest absolute Gasteiger partial charge is 0.327 e. The predicted molar refractivity (Wildman–Crippen MR) is 76.1 cm³/mol. The molecule has 0 fully saturated rings. The van der Waals surface area contributed by atoms with Gasteiger partial charge in [0.25, 0.3) is 0 Å². The van der Waals surface area contributed by atoms with Crippen LogP contribution in [0.25, 0.3) is 0 Å². The average Bonchev–Trinajstić information content (AvgIpc) is 2.41. The molecule has 1 aromatic carbocycles. The van der Waals surface area contributed by atoms with E-state index in [1.165, 1.54) is 5.56 Å². The van der Waals surface area contributed by atoms with E-state index in [-0.39, 0.29) is 11.5 Å². The summed E-state index contributed by atoms with van der Waals surface area (Å²) in [6, 6.07) is 11.0. The lowest BCUT2D eigenvalue weighted by Crippen LogP contribution is -2.48. The summed E-state index contributed by atoms with van der Waals surface area (Å²) in [5.41, 5.74) is 8.10. The third-order valence-corrected chi connectivity index (χ3v) is 4.51. The highest BCUT2D eigenvalue weighted by atomic mass is 14.7. The van der Waals surface area contributed by atoms with Gasteiger partial charge >= 0.3 is 0 Å². The minimum absolute atomic E-state index is 0.136. The minimum Gasteiger partial charge on any atom is -0.327 e. The summed E-state index contributed by atoms with van der Waals surface area (Å²) in [5, 5.41) is 0. The van der Waals surface area contributed by atoms with Gasteiger partial charge in [0.15, 0.2) is 0 Å². The Bertz CT molecular complexity index is 314. The van der Waals surface area contributed by atoms with Gasteiger partial charge in [-0.2, -0.15) is 0 Å². The molecule has 0 spiro atoms. The molecule has 0 aliphatic rings. The summed E-state index contributed by atoms with van der Waals surface area (Å²) in [6.45, 7) is 9.02. The minimum atomic E-state index is 0.136. The molecular weight excluding hydrogens is 206 g/mol. The maximum absolute atomic E-state index is 6.56. The molecule has 0 saturated heterocycles. The first-order valence-electron chi connectivity index (χ1n) is 6.93. The molecule has 1 aromatic rings. The van der Waals surface area contributed by atoms with Crippen LogP contribution in [0.2, 0.25) is 0 Å². The number of hydrogen-bond acceptors (Lipinski definition) is 1. The molecule has 0 saturated carbocycles. The molecule has 2 atom stereocenters. The molecular formula is C16H27N. The van der Waals surface area contributed by atoms with E-state index < -0.39 is 0 Å². The number of nitrogens with two attached hydrogens (primary N) is 1. The summed E-state index contributed by atoms with van der Waals surface area (Å²) in [7, 11) is 0. The van der Waals surface area contributed by atoms with Crippen molar-refractivity contribution in [2.45, 2.75) is 58.4 Å². The van der Waals surface area contributed by atoms with E-state index in [1.54, 1.807) is 0 Å². The first-order chi connectivity index (χ1) is 8.12. The molecule has 17 heavy (non-hydrogen) atoms. The SMILES string of the molecule is CCC(C)C(N)C(CC)(CC)c1ccccc1. The van der Waals surface area contributed by atoms with Gasteiger partial charge in [-0.05, 0) is 24.3 Å². The Morgan fingerprint density at radius 3 is 2.00 bits per heavy atom. The molecule has 0 amide bonds. The fraction of sp³-hybridized carbons (Fsp3) is 0.625. The van der Waals surface area contributed by atoms with Crippen LogP contribution in [-0.2, 0) is 5.41 Å². The van der Waals surface area contributed by atoms with Crippen LogP contribution in [0.3, 0.4) is 0 Å². The van der Waals surface area contributed by atoms with Crippen molar-refractivity contribution in [2.24, 2.45) is 11.7 Å². The first kappa shape index (κ1) is 14.2. The maximum atomic E-state index is 6.56. The normalized spacial score (nSPS) is 15.6. The Morgan fingerprint density at radius 1 is 1.06 bits per heavy atom. The number of hydrogen-bond donors (Lipinski definition) is 1. The summed E-state index contributed by atoms with van der Waals surface area (Å²) in [5.74, 6) is 0.565.